The Hall–Kier alpha value is -1.91. The smallest absolute Gasteiger partial charge is 0.0991 e. The second-order valence-corrected chi connectivity index (χ2v) is 6.53. The first-order valence-corrected chi connectivity index (χ1v) is 7.88. The van der Waals surface area contributed by atoms with Crippen LogP contribution < -0.4 is 5.32 Å². The molecule has 108 valence electrons. The highest BCUT2D eigenvalue weighted by Crippen LogP contribution is 2.20. The van der Waals surface area contributed by atoms with Crippen molar-refractivity contribution < 1.29 is 0 Å². The molecule has 0 bridgehead atoms. The van der Waals surface area contributed by atoms with Gasteiger partial charge in [-0.25, -0.2) is 4.98 Å². The van der Waals surface area contributed by atoms with Gasteiger partial charge in [0.25, 0.3) is 0 Å². The summed E-state index contributed by atoms with van der Waals surface area (Å²) in [4.78, 5) is 6.88. The van der Waals surface area contributed by atoms with Gasteiger partial charge in [0.05, 0.1) is 6.33 Å². The van der Waals surface area contributed by atoms with Crippen LogP contribution in [0.3, 0.4) is 0 Å². The fraction of sp³-hybridized carbons (Fsp3) is 0.235. The number of imidazole rings is 1. The zero-order valence-corrected chi connectivity index (χ0v) is 13.2. The van der Waals surface area contributed by atoms with Gasteiger partial charge in [0, 0.05) is 40.9 Å². The summed E-state index contributed by atoms with van der Waals surface area (Å²) >= 11 is 1.88. The molecule has 2 aromatic heterocycles. The lowest BCUT2D eigenvalue weighted by atomic mass is 10.2. The van der Waals surface area contributed by atoms with Gasteiger partial charge in [-0.2, -0.15) is 0 Å². The van der Waals surface area contributed by atoms with Crippen LogP contribution in [-0.4, -0.2) is 9.55 Å². The van der Waals surface area contributed by atoms with Gasteiger partial charge in [-0.3, -0.25) is 0 Å². The molecule has 0 atom stereocenters. The summed E-state index contributed by atoms with van der Waals surface area (Å²) in [6, 6.07) is 10.8. The first-order valence-electron chi connectivity index (χ1n) is 7.06. The van der Waals surface area contributed by atoms with Gasteiger partial charge < -0.3 is 9.88 Å². The number of benzene rings is 1. The van der Waals surface area contributed by atoms with Gasteiger partial charge in [0.1, 0.15) is 0 Å². The highest BCUT2D eigenvalue weighted by Gasteiger charge is 2.01. The summed E-state index contributed by atoms with van der Waals surface area (Å²) in [7, 11) is 0. The zero-order chi connectivity index (χ0) is 14.7. The number of rotatable bonds is 5. The summed E-state index contributed by atoms with van der Waals surface area (Å²) in [6.07, 6.45) is 5.56. The predicted octanol–water partition coefficient (Wildman–Crippen LogP) is 3.84. The van der Waals surface area contributed by atoms with Gasteiger partial charge in [0.2, 0.25) is 0 Å². The van der Waals surface area contributed by atoms with Crippen molar-refractivity contribution in [1.82, 2.24) is 14.9 Å². The van der Waals surface area contributed by atoms with Gasteiger partial charge in [-0.05, 0) is 43.2 Å². The van der Waals surface area contributed by atoms with Crippen LogP contribution in [0.15, 0.2) is 49.1 Å². The molecule has 21 heavy (non-hydrogen) atoms. The molecule has 0 spiro atoms. The fourth-order valence-electron chi connectivity index (χ4n) is 2.26. The summed E-state index contributed by atoms with van der Waals surface area (Å²) in [5.41, 5.74) is 3.83. The zero-order valence-electron chi connectivity index (χ0n) is 12.3. The fourth-order valence-corrected chi connectivity index (χ4v) is 3.29. The van der Waals surface area contributed by atoms with E-state index in [-0.39, 0.29) is 0 Å². The topological polar surface area (TPSA) is 29.9 Å². The molecule has 2 heterocycles. The van der Waals surface area contributed by atoms with E-state index in [1.807, 2.05) is 28.4 Å². The average Bonchev–Trinajstić information content (AvgIpc) is 3.11. The Morgan fingerprint density at radius 1 is 1.14 bits per heavy atom. The largest absolute Gasteiger partial charge is 0.308 e. The average molecular weight is 297 g/mol. The minimum Gasteiger partial charge on any atom is -0.308 e. The molecule has 0 aliphatic rings. The van der Waals surface area contributed by atoms with Crippen LogP contribution in [0, 0.1) is 13.8 Å². The van der Waals surface area contributed by atoms with Crippen LogP contribution in [0.5, 0.6) is 0 Å². The maximum absolute atomic E-state index is 4.06. The van der Waals surface area contributed by atoms with Gasteiger partial charge in [-0.1, -0.05) is 12.1 Å². The van der Waals surface area contributed by atoms with Crippen LogP contribution >= 0.6 is 11.3 Å². The molecule has 0 amide bonds. The van der Waals surface area contributed by atoms with E-state index in [0.29, 0.717) is 0 Å². The maximum Gasteiger partial charge on any atom is 0.0991 e. The third kappa shape index (κ3) is 3.40. The lowest BCUT2D eigenvalue weighted by Gasteiger charge is -2.06. The molecule has 3 rings (SSSR count). The van der Waals surface area contributed by atoms with Crippen molar-refractivity contribution in [3.05, 3.63) is 69.9 Å². The summed E-state index contributed by atoms with van der Waals surface area (Å²) in [6.45, 7) is 6.17. The van der Waals surface area contributed by atoms with Crippen molar-refractivity contribution in [2.75, 3.05) is 0 Å². The minimum atomic E-state index is 0.889. The van der Waals surface area contributed by atoms with E-state index in [1.165, 1.54) is 20.9 Å². The van der Waals surface area contributed by atoms with Crippen molar-refractivity contribution in [2.45, 2.75) is 26.9 Å². The number of hydrogen-bond donors (Lipinski definition) is 1. The summed E-state index contributed by atoms with van der Waals surface area (Å²) in [5.74, 6) is 0. The van der Waals surface area contributed by atoms with Crippen molar-refractivity contribution in [3.63, 3.8) is 0 Å². The molecule has 3 nitrogen and oxygen atoms in total. The Balaban J connectivity index is 1.56. The number of thiophene rings is 1. The molecular formula is C17H19N3S. The summed E-state index contributed by atoms with van der Waals surface area (Å²) in [5, 5.41) is 3.50. The molecule has 1 N–H and O–H groups in total. The summed E-state index contributed by atoms with van der Waals surface area (Å²) < 4.78 is 2.01. The number of hydrogen-bond acceptors (Lipinski definition) is 3. The van der Waals surface area contributed by atoms with Crippen LogP contribution in [-0.2, 0) is 13.1 Å². The molecule has 0 saturated carbocycles. The number of nitrogens with one attached hydrogen (secondary N) is 1. The number of aryl methyl sites for hydroxylation is 2. The predicted molar refractivity (Wildman–Crippen MR) is 87.9 cm³/mol. The van der Waals surface area contributed by atoms with Crippen molar-refractivity contribution in [3.8, 4) is 5.69 Å². The van der Waals surface area contributed by atoms with Gasteiger partial charge in [-0.15, -0.1) is 11.3 Å². The molecule has 0 aliphatic heterocycles. The normalized spacial score (nSPS) is 11.0. The molecular weight excluding hydrogens is 278 g/mol. The number of aromatic nitrogens is 2. The van der Waals surface area contributed by atoms with E-state index in [4.69, 9.17) is 0 Å². The van der Waals surface area contributed by atoms with Crippen molar-refractivity contribution in [2.24, 2.45) is 0 Å². The van der Waals surface area contributed by atoms with Crippen LogP contribution in [0.2, 0.25) is 0 Å². The molecule has 0 unspecified atom stereocenters. The maximum atomic E-state index is 4.06. The molecule has 1 aromatic carbocycles. The van der Waals surface area contributed by atoms with Gasteiger partial charge in [0.15, 0.2) is 0 Å². The third-order valence-electron chi connectivity index (χ3n) is 3.58. The van der Waals surface area contributed by atoms with E-state index in [9.17, 15) is 0 Å². The molecule has 4 heteroatoms. The van der Waals surface area contributed by atoms with E-state index < -0.39 is 0 Å². The Bertz CT molecular complexity index is 677. The van der Waals surface area contributed by atoms with E-state index in [2.05, 4.69) is 54.5 Å². The van der Waals surface area contributed by atoms with E-state index >= 15 is 0 Å². The molecule has 0 fully saturated rings. The highest BCUT2D eigenvalue weighted by molar-refractivity contribution is 7.12. The number of nitrogens with zero attached hydrogens (tertiary/aromatic N) is 2. The third-order valence-corrected chi connectivity index (χ3v) is 4.74. The lowest BCUT2D eigenvalue weighted by Crippen LogP contribution is -2.11. The van der Waals surface area contributed by atoms with E-state index in [1.54, 1.807) is 6.20 Å². The molecule has 3 aromatic rings. The lowest BCUT2D eigenvalue weighted by molar-refractivity contribution is 0.700. The van der Waals surface area contributed by atoms with Crippen LogP contribution in [0.1, 0.15) is 20.9 Å². The Morgan fingerprint density at radius 3 is 2.57 bits per heavy atom. The minimum absolute atomic E-state index is 0.889. The molecule has 0 radical (unpaired) electrons. The Labute approximate surface area is 129 Å². The first-order chi connectivity index (χ1) is 10.2. The Kier molecular flexibility index (Phi) is 4.18. The van der Waals surface area contributed by atoms with Crippen molar-refractivity contribution >= 4 is 11.3 Å². The van der Waals surface area contributed by atoms with Gasteiger partial charge >= 0.3 is 0 Å². The van der Waals surface area contributed by atoms with Crippen molar-refractivity contribution in [1.29, 1.82) is 0 Å². The Morgan fingerprint density at radius 2 is 1.95 bits per heavy atom. The quantitative estimate of drug-likeness (QED) is 0.775. The first kappa shape index (κ1) is 14.0. The van der Waals surface area contributed by atoms with E-state index in [0.717, 1.165) is 18.8 Å². The monoisotopic (exact) mass is 297 g/mol. The standard InChI is InChI=1S/C17H19N3S/c1-13-9-17(21-14(13)2)11-19-10-15-3-5-16(6-4-15)20-8-7-18-12-20/h3-9,12,19H,10-11H2,1-2H3. The second kappa shape index (κ2) is 6.24. The molecule has 0 saturated heterocycles. The molecule has 0 aliphatic carbocycles. The highest BCUT2D eigenvalue weighted by atomic mass is 32.1. The second-order valence-electron chi connectivity index (χ2n) is 5.19. The van der Waals surface area contributed by atoms with Crippen LogP contribution in [0.4, 0.5) is 0 Å². The van der Waals surface area contributed by atoms with Crippen LogP contribution in [0.25, 0.3) is 5.69 Å². The SMILES string of the molecule is Cc1cc(CNCc2ccc(-n3ccnc3)cc2)sc1C.